The van der Waals surface area contributed by atoms with Crippen molar-refractivity contribution in [3.8, 4) is 11.1 Å². The van der Waals surface area contributed by atoms with Crippen LogP contribution in [0.2, 0.25) is 0 Å². The first-order valence-corrected chi connectivity index (χ1v) is 7.05. The molecule has 1 spiro atoms. The van der Waals surface area contributed by atoms with E-state index in [2.05, 4.69) is 10.6 Å². The van der Waals surface area contributed by atoms with Crippen molar-refractivity contribution in [2.24, 2.45) is 0 Å². The zero-order valence-electron chi connectivity index (χ0n) is 11.9. The van der Waals surface area contributed by atoms with Gasteiger partial charge in [-0.1, -0.05) is 35.9 Å². The number of hydrogen-bond donors (Lipinski definition) is 3. The van der Waals surface area contributed by atoms with Gasteiger partial charge in [-0.25, -0.2) is 4.79 Å². The summed E-state index contributed by atoms with van der Waals surface area (Å²) in [6.45, 7) is 1.88. The second-order valence-corrected chi connectivity index (χ2v) is 5.75. The van der Waals surface area contributed by atoms with E-state index in [0.717, 1.165) is 33.4 Å². The van der Waals surface area contributed by atoms with E-state index in [9.17, 15) is 14.7 Å². The normalized spacial score (nSPS) is 21.5. The first kappa shape index (κ1) is 13.0. The number of carbonyl (C=O) groups is 2. The van der Waals surface area contributed by atoms with Gasteiger partial charge in [0.05, 0.1) is 6.61 Å². The average molecular weight is 294 g/mol. The molecule has 0 saturated carbocycles. The van der Waals surface area contributed by atoms with E-state index in [-0.39, 0.29) is 12.5 Å². The molecule has 1 fully saturated rings. The lowest BCUT2D eigenvalue weighted by Gasteiger charge is -2.23. The summed E-state index contributed by atoms with van der Waals surface area (Å²) in [6, 6.07) is 10.8. The van der Waals surface area contributed by atoms with Crippen LogP contribution in [0, 0.1) is 6.92 Å². The molecule has 2 aliphatic rings. The van der Waals surface area contributed by atoms with Crippen molar-refractivity contribution in [1.82, 2.24) is 10.6 Å². The Morgan fingerprint density at radius 1 is 1.05 bits per heavy atom. The van der Waals surface area contributed by atoms with Gasteiger partial charge in [-0.2, -0.15) is 0 Å². The molecule has 1 aliphatic carbocycles. The number of rotatable bonds is 1. The topological polar surface area (TPSA) is 78.4 Å². The maximum atomic E-state index is 12.6. The molecule has 110 valence electrons. The minimum Gasteiger partial charge on any atom is -0.392 e. The van der Waals surface area contributed by atoms with Crippen LogP contribution in [-0.2, 0) is 16.9 Å². The van der Waals surface area contributed by atoms with Crippen LogP contribution in [0.1, 0.15) is 22.3 Å². The summed E-state index contributed by atoms with van der Waals surface area (Å²) in [4.78, 5) is 24.3. The molecule has 1 saturated heterocycles. The van der Waals surface area contributed by atoms with E-state index >= 15 is 0 Å². The molecule has 1 heterocycles. The predicted molar refractivity (Wildman–Crippen MR) is 80.0 cm³/mol. The van der Waals surface area contributed by atoms with E-state index < -0.39 is 11.6 Å². The molecule has 5 nitrogen and oxygen atoms in total. The van der Waals surface area contributed by atoms with Gasteiger partial charge >= 0.3 is 6.03 Å². The highest BCUT2D eigenvalue weighted by molar-refractivity contribution is 6.13. The summed E-state index contributed by atoms with van der Waals surface area (Å²) in [5, 5.41) is 14.5. The first-order chi connectivity index (χ1) is 10.6. The monoisotopic (exact) mass is 294 g/mol. The summed E-state index contributed by atoms with van der Waals surface area (Å²) < 4.78 is 0. The van der Waals surface area contributed by atoms with Crippen molar-refractivity contribution in [2.45, 2.75) is 19.1 Å². The van der Waals surface area contributed by atoms with Crippen molar-refractivity contribution < 1.29 is 14.7 Å². The maximum absolute atomic E-state index is 12.6. The minimum absolute atomic E-state index is 0.0694. The molecule has 0 bridgehead atoms. The van der Waals surface area contributed by atoms with Crippen LogP contribution in [-0.4, -0.2) is 17.0 Å². The fourth-order valence-electron chi connectivity index (χ4n) is 3.42. The minimum atomic E-state index is -1.16. The Morgan fingerprint density at radius 3 is 2.55 bits per heavy atom. The van der Waals surface area contributed by atoms with Gasteiger partial charge < -0.3 is 10.4 Å². The largest absolute Gasteiger partial charge is 0.392 e. The molecular formula is C17H14N2O3. The van der Waals surface area contributed by atoms with E-state index in [1.165, 1.54) is 0 Å². The number of imide groups is 1. The molecule has 3 N–H and O–H groups in total. The van der Waals surface area contributed by atoms with Crippen LogP contribution in [0.3, 0.4) is 0 Å². The highest BCUT2D eigenvalue weighted by Gasteiger charge is 2.54. The summed E-state index contributed by atoms with van der Waals surface area (Å²) >= 11 is 0. The molecule has 0 radical (unpaired) electrons. The highest BCUT2D eigenvalue weighted by atomic mass is 16.3. The molecule has 2 aromatic carbocycles. The van der Waals surface area contributed by atoms with Crippen LogP contribution < -0.4 is 10.6 Å². The Morgan fingerprint density at radius 2 is 1.86 bits per heavy atom. The molecule has 1 aliphatic heterocycles. The quantitative estimate of drug-likeness (QED) is 0.698. The second-order valence-electron chi connectivity index (χ2n) is 5.75. The number of amides is 3. The third kappa shape index (κ3) is 1.46. The smallest absolute Gasteiger partial charge is 0.322 e. The number of fused-ring (bicyclic) bond motifs is 5. The zero-order chi connectivity index (χ0) is 15.5. The molecule has 3 amide bonds. The molecule has 2 aromatic rings. The number of nitrogens with one attached hydrogen (secondary N) is 2. The molecular weight excluding hydrogens is 280 g/mol. The van der Waals surface area contributed by atoms with Crippen molar-refractivity contribution in [3.63, 3.8) is 0 Å². The van der Waals surface area contributed by atoms with Crippen LogP contribution in [0.25, 0.3) is 11.1 Å². The molecule has 22 heavy (non-hydrogen) atoms. The fraction of sp³-hybridized carbons (Fsp3) is 0.176. The molecule has 5 heteroatoms. The van der Waals surface area contributed by atoms with Gasteiger partial charge in [0.2, 0.25) is 0 Å². The molecule has 1 atom stereocenters. The van der Waals surface area contributed by atoms with Gasteiger partial charge in [0.1, 0.15) is 0 Å². The van der Waals surface area contributed by atoms with Crippen LogP contribution in [0.5, 0.6) is 0 Å². The van der Waals surface area contributed by atoms with E-state index in [4.69, 9.17) is 0 Å². The Kier molecular flexibility index (Phi) is 2.47. The molecule has 0 aromatic heterocycles. The second kappa shape index (κ2) is 4.18. The summed E-state index contributed by atoms with van der Waals surface area (Å²) in [5.41, 5.74) is 3.93. The lowest BCUT2D eigenvalue weighted by atomic mass is 9.87. The fourth-order valence-corrected chi connectivity index (χ4v) is 3.42. The standard InChI is InChI=1S/C17H14N2O3/c1-9-2-4-11-12-7-10(8-20)3-5-13(12)17(14(11)6-9)15(21)18-16(22)19-17/h2-7,20H,8H2,1H3,(H2,18,19,21,22). The summed E-state index contributed by atoms with van der Waals surface area (Å²) in [7, 11) is 0. The lowest BCUT2D eigenvalue weighted by molar-refractivity contribution is -0.122. The summed E-state index contributed by atoms with van der Waals surface area (Å²) in [5.74, 6) is -0.361. The van der Waals surface area contributed by atoms with Crippen molar-refractivity contribution in [1.29, 1.82) is 0 Å². The number of aliphatic hydroxyl groups is 1. The Bertz CT molecular complexity index is 844. The number of aliphatic hydroxyl groups excluding tert-OH is 1. The summed E-state index contributed by atoms with van der Waals surface area (Å²) in [6.07, 6.45) is 0. The average Bonchev–Trinajstić information content (AvgIpc) is 2.95. The van der Waals surface area contributed by atoms with Crippen molar-refractivity contribution in [2.75, 3.05) is 0 Å². The van der Waals surface area contributed by atoms with Crippen molar-refractivity contribution in [3.05, 3.63) is 58.7 Å². The van der Waals surface area contributed by atoms with Crippen LogP contribution >= 0.6 is 0 Å². The third-order valence-corrected chi connectivity index (χ3v) is 4.41. The van der Waals surface area contributed by atoms with Gasteiger partial charge in [-0.05, 0) is 40.8 Å². The molecule has 1 unspecified atom stereocenters. The zero-order valence-corrected chi connectivity index (χ0v) is 11.9. The SMILES string of the molecule is Cc1ccc2c(c1)C1(NC(=O)NC1=O)c1ccc(CO)cc1-2. The van der Waals surface area contributed by atoms with Crippen molar-refractivity contribution >= 4 is 11.9 Å². The van der Waals surface area contributed by atoms with Gasteiger partial charge in [0, 0.05) is 0 Å². The number of hydrogen-bond acceptors (Lipinski definition) is 3. The molecule has 4 rings (SSSR count). The van der Waals surface area contributed by atoms with E-state index in [1.807, 2.05) is 31.2 Å². The van der Waals surface area contributed by atoms with Gasteiger partial charge in [-0.3, -0.25) is 10.1 Å². The highest BCUT2D eigenvalue weighted by Crippen LogP contribution is 2.49. The van der Waals surface area contributed by atoms with E-state index in [1.54, 1.807) is 12.1 Å². The van der Waals surface area contributed by atoms with Gasteiger partial charge in [0.15, 0.2) is 5.54 Å². The van der Waals surface area contributed by atoms with Crippen LogP contribution in [0.4, 0.5) is 4.79 Å². The van der Waals surface area contributed by atoms with E-state index in [0.29, 0.717) is 0 Å². The Labute approximate surface area is 127 Å². The Balaban J connectivity index is 2.08. The predicted octanol–water partition coefficient (Wildman–Crippen LogP) is 1.55. The Hall–Kier alpha value is -2.66. The van der Waals surface area contributed by atoms with Gasteiger partial charge in [-0.15, -0.1) is 0 Å². The lowest BCUT2D eigenvalue weighted by Crippen LogP contribution is -2.43. The van der Waals surface area contributed by atoms with Crippen LogP contribution in [0.15, 0.2) is 36.4 Å². The third-order valence-electron chi connectivity index (χ3n) is 4.41. The first-order valence-electron chi connectivity index (χ1n) is 7.05. The number of benzene rings is 2. The number of aryl methyl sites for hydroxylation is 1. The maximum Gasteiger partial charge on any atom is 0.322 e. The number of urea groups is 1. The number of carbonyl (C=O) groups excluding carboxylic acids is 2. The van der Waals surface area contributed by atoms with Gasteiger partial charge in [0.25, 0.3) is 5.91 Å².